The minimum Gasteiger partial charge on any atom is -0.484 e. The monoisotopic (exact) mass is 478 g/mol. The van der Waals surface area contributed by atoms with Gasteiger partial charge in [0.2, 0.25) is 5.91 Å². The van der Waals surface area contributed by atoms with Gasteiger partial charge in [0.15, 0.2) is 6.61 Å². The number of ether oxygens (including phenoxy) is 1. The van der Waals surface area contributed by atoms with Crippen molar-refractivity contribution >= 4 is 35.0 Å². The molecule has 5 nitrogen and oxygen atoms in total. The van der Waals surface area contributed by atoms with E-state index in [1.807, 2.05) is 46.8 Å². The summed E-state index contributed by atoms with van der Waals surface area (Å²) >= 11 is 12.2. The highest BCUT2D eigenvalue weighted by molar-refractivity contribution is 6.32. The van der Waals surface area contributed by atoms with Gasteiger partial charge >= 0.3 is 0 Å². The van der Waals surface area contributed by atoms with Crippen LogP contribution in [0.3, 0.4) is 0 Å². The van der Waals surface area contributed by atoms with Gasteiger partial charge in [0.1, 0.15) is 11.8 Å². The minimum atomic E-state index is -0.603. The Balaban J connectivity index is 2.22. The average Bonchev–Trinajstić information content (AvgIpc) is 2.75. The molecule has 1 atom stereocenters. The predicted molar refractivity (Wildman–Crippen MR) is 130 cm³/mol. The minimum absolute atomic E-state index is 0.165. The summed E-state index contributed by atoms with van der Waals surface area (Å²) in [6.45, 7) is 10.4. The number of nitrogens with one attached hydrogen (secondary N) is 1. The summed E-state index contributed by atoms with van der Waals surface area (Å²) in [6, 6.07) is 10.3. The molecule has 0 aliphatic rings. The molecule has 2 amide bonds. The number of amides is 2. The van der Waals surface area contributed by atoms with Gasteiger partial charge in [-0.3, -0.25) is 9.59 Å². The molecule has 0 radical (unpaired) electrons. The van der Waals surface area contributed by atoms with Crippen molar-refractivity contribution in [1.82, 2.24) is 10.2 Å². The van der Waals surface area contributed by atoms with Crippen molar-refractivity contribution in [3.63, 3.8) is 0 Å². The van der Waals surface area contributed by atoms with Crippen molar-refractivity contribution in [1.29, 1.82) is 0 Å². The molecule has 32 heavy (non-hydrogen) atoms. The number of benzene rings is 2. The molecule has 1 unspecified atom stereocenters. The maximum atomic E-state index is 13.2. The standard InChI is InChI=1S/C25H32Cl2N2O3/c1-6-22(25(31)28-13-16(2)3)29(14-19-7-9-20(26)10-8-19)23(30)15-32-21-11-17(4)24(27)18(5)12-21/h7-12,16,22H,6,13-15H2,1-5H3,(H,28,31). The Morgan fingerprint density at radius 3 is 2.19 bits per heavy atom. The number of hydrogen-bond acceptors (Lipinski definition) is 3. The smallest absolute Gasteiger partial charge is 0.261 e. The van der Waals surface area contributed by atoms with E-state index >= 15 is 0 Å². The highest BCUT2D eigenvalue weighted by Crippen LogP contribution is 2.26. The molecular weight excluding hydrogens is 447 g/mol. The van der Waals surface area contributed by atoms with Gasteiger partial charge in [0, 0.05) is 23.1 Å². The molecule has 0 aliphatic carbocycles. The SMILES string of the molecule is CCC(C(=O)NCC(C)C)N(Cc1ccc(Cl)cc1)C(=O)COc1cc(C)c(Cl)c(C)c1. The second-order valence-electron chi connectivity index (χ2n) is 8.37. The zero-order chi connectivity index (χ0) is 23.8. The highest BCUT2D eigenvalue weighted by Gasteiger charge is 2.29. The Kier molecular flexibility index (Phi) is 9.85. The number of hydrogen-bond donors (Lipinski definition) is 1. The number of rotatable bonds is 10. The van der Waals surface area contributed by atoms with Gasteiger partial charge in [-0.15, -0.1) is 0 Å². The lowest BCUT2D eigenvalue weighted by Gasteiger charge is -2.31. The fourth-order valence-corrected chi connectivity index (χ4v) is 3.58. The molecule has 2 aromatic rings. The number of carbonyl (C=O) groups excluding carboxylic acids is 2. The van der Waals surface area contributed by atoms with Crippen LogP contribution in [0.25, 0.3) is 0 Å². The molecule has 2 rings (SSSR count). The second kappa shape index (κ2) is 12.1. The van der Waals surface area contributed by atoms with Crippen LogP contribution in [0.2, 0.25) is 10.0 Å². The van der Waals surface area contributed by atoms with Crippen LogP contribution in [0.1, 0.15) is 43.9 Å². The number of aryl methyl sites for hydroxylation is 2. The third-order valence-corrected chi connectivity index (χ3v) is 5.96. The first kappa shape index (κ1) is 26.0. The van der Waals surface area contributed by atoms with Crippen LogP contribution in [-0.4, -0.2) is 35.9 Å². The summed E-state index contributed by atoms with van der Waals surface area (Å²) in [6.07, 6.45) is 0.489. The van der Waals surface area contributed by atoms with Crippen LogP contribution in [0.15, 0.2) is 36.4 Å². The molecule has 2 aromatic carbocycles. The zero-order valence-corrected chi connectivity index (χ0v) is 20.9. The molecule has 174 valence electrons. The van der Waals surface area contributed by atoms with Crippen LogP contribution in [0, 0.1) is 19.8 Å². The Labute approximate surface area is 201 Å². The number of halogens is 2. The number of nitrogens with zero attached hydrogens (tertiary/aromatic N) is 1. The fraction of sp³-hybridized carbons (Fsp3) is 0.440. The normalized spacial score (nSPS) is 11.9. The van der Waals surface area contributed by atoms with Crippen LogP contribution >= 0.6 is 23.2 Å². The van der Waals surface area contributed by atoms with Gasteiger partial charge in [0.05, 0.1) is 0 Å². The van der Waals surface area contributed by atoms with Crippen LogP contribution in [0.4, 0.5) is 0 Å². The lowest BCUT2D eigenvalue weighted by atomic mass is 10.1. The number of carbonyl (C=O) groups is 2. The van der Waals surface area contributed by atoms with E-state index in [1.54, 1.807) is 29.2 Å². The van der Waals surface area contributed by atoms with Gasteiger partial charge in [-0.05, 0) is 67.1 Å². The molecule has 0 aliphatic heterocycles. The van der Waals surface area contributed by atoms with E-state index in [4.69, 9.17) is 27.9 Å². The third kappa shape index (κ3) is 7.42. The van der Waals surface area contributed by atoms with E-state index in [1.165, 1.54) is 0 Å². The van der Waals surface area contributed by atoms with E-state index in [9.17, 15) is 9.59 Å². The average molecular weight is 479 g/mol. The fourth-order valence-electron chi connectivity index (χ4n) is 3.35. The van der Waals surface area contributed by atoms with Crippen molar-refractivity contribution in [3.8, 4) is 5.75 Å². The quantitative estimate of drug-likeness (QED) is 0.485. The summed E-state index contributed by atoms with van der Waals surface area (Å²) in [4.78, 5) is 27.7. The molecule has 0 bridgehead atoms. The first-order chi connectivity index (χ1) is 15.1. The van der Waals surface area contributed by atoms with Gasteiger partial charge in [0.25, 0.3) is 5.91 Å². The molecule has 0 aromatic heterocycles. The van der Waals surface area contributed by atoms with Crippen molar-refractivity contribution in [3.05, 3.63) is 63.1 Å². The first-order valence-corrected chi connectivity index (χ1v) is 11.6. The maximum absolute atomic E-state index is 13.2. The summed E-state index contributed by atoms with van der Waals surface area (Å²) in [5.41, 5.74) is 2.65. The first-order valence-electron chi connectivity index (χ1n) is 10.8. The maximum Gasteiger partial charge on any atom is 0.261 e. The van der Waals surface area contributed by atoms with Gasteiger partial charge in [-0.2, -0.15) is 0 Å². The van der Waals surface area contributed by atoms with Gasteiger partial charge < -0.3 is 15.0 Å². The molecular formula is C25H32Cl2N2O3. The predicted octanol–water partition coefficient (Wildman–Crippen LogP) is 5.57. The summed E-state index contributed by atoms with van der Waals surface area (Å²) in [5, 5.41) is 4.25. The molecule has 0 spiro atoms. The summed E-state index contributed by atoms with van der Waals surface area (Å²) < 4.78 is 5.79. The zero-order valence-electron chi connectivity index (χ0n) is 19.4. The van der Waals surface area contributed by atoms with Crippen molar-refractivity contribution in [2.45, 2.75) is 53.6 Å². The van der Waals surface area contributed by atoms with E-state index < -0.39 is 6.04 Å². The molecule has 7 heteroatoms. The van der Waals surface area contributed by atoms with Crippen molar-refractivity contribution in [2.75, 3.05) is 13.2 Å². The van der Waals surface area contributed by atoms with E-state index in [-0.39, 0.29) is 25.0 Å². The summed E-state index contributed by atoms with van der Waals surface area (Å²) in [7, 11) is 0. The van der Waals surface area contributed by atoms with Gasteiger partial charge in [-0.1, -0.05) is 56.1 Å². The van der Waals surface area contributed by atoms with E-state index in [0.29, 0.717) is 34.7 Å². The Morgan fingerprint density at radius 2 is 1.66 bits per heavy atom. The van der Waals surface area contributed by atoms with Crippen molar-refractivity contribution in [2.24, 2.45) is 5.92 Å². The molecule has 0 fully saturated rings. The van der Waals surface area contributed by atoms with E-state index in [0.717, 1.165) is 16.7 Å². The molecule has 1 N–H and O–H groups in total. The third-order valence-electron chi connectivity index (χ3n) is 5.11. The Morgan fingerprint density at radius 1 is 1.06 bits per heavy atom. The largest absolute Gasteiger partial charge is 0.484 e. The Hall–Kier alpha value is -2.24. The summed E-state index contributed by atoms with van der Waals surface area (Å²) in [5.74, 6) is 0.455. The van der Waals surface area contributed by atoms with Crippen LogP contribution in [0.5, 0.6) is 5.75 Å². The van der Waals surface area contributed by atoms with Crippen LogP contribution < -0.4 is 10.1 Å². The lowest BCUT2D eigenvalue weighted by molar-refractivity contribution is -0.143. The van der Waals surface area contributed by atoms with Gasteiger partial charge in [-0.25, -0.2) is 0 Å². The van der Waals surface area contributed by atoms with Crippen LogP contribution in [-0.2, 0) is 16.1 Å². The van der Waals surface area contributed by atoms with E-state index in [2.05, 4.69) is 5.32 Å². The van der Waals surface area contributed by atoms with Crippen molar-refractivity contribution < 1.29 is 14.3 Å². The molecule has 0 saturated heterocycles. The molecule has 0 saturated carbocycles. The Bertz CT molecular complexity index is 906. The lowest BCUT2D eigenvalue weighted by Crippen LogP contribution is -2.50. The second-order valence-corrected chi connectivity index (χ2v) is 9.19. The highest BCUT2D eigenvalue weighted by atomic mass is 35.5. The topological polar surface area (TPSA) is 58.6 Å². The molecule has 0 heterocycles.